The first-order chi connectivity index (χ1) is 14.4. The van der Waals surface area contributed by atoms with Crippen molar-refractivity contribution in [2.45, 2.75) is 25.8 Å². The van der Waals surface area contributed by atoms with E-state index in [0.717, 1.165) is 4.90 Å². The highest BCUT2D eigenvalue weighted by atomic mass is 16.5. The molecule has 0 radical (unpaired) electrons. The van der Waals surface area contributed by atoms with E-state index in [-0.39, 0.29) is 6.54 Å². The first kappa shape index (κ1) is 21.2. The summed E-state index contributed by atoms with van der Waals surface area (Å²) in [6, 6.07) is 13.2. The lowest BCUT2D eigenvalue weighted by Crippen LogP contribution is -2.44. The summed E-state index contributed by atoms with van der Waals surface area (Å²) in [7, 11) is 1.55. The van der Waals surface area contributed by atoms with Crippen LogP contribution < -0.4 is 20.1 Å². The monoisotopic (exact) mass is 411 g/mol. The number of benzene rings is 2. The molecule has 1 aliphatic rings. The highest BCUT2D eigenvalue weighted by Gasteiger charge is 2.51. The largest absolute Gasteiger partial charge is 0.497 e. The first-order valence-corrected chi connectivity index (χ1v) is 9.75. The highest BCUT2D eigenvalue weighted by molar-refractivity contribution is 6.10. The minimum atomic E-state index is -1.21. The maximum Gasteiger partial charge on any atom is 0.325 e. The molecule has 0 aromatic heterocycles. The van der Waals surface area contributed by atoms with Crippen molar-refractivity contribution in [2.24, 2.45) is 0 Å². The van der Waals surface area contributed by atoms with E-state index in [0.29, 0.717) is 35.8 Å². The Hall–Kier alpha value is -3.55. The molecule has 2 aromatic rings. The van der Waals surface area contributed by atoms with Crippen LogP contribution in [-0.4, -0.2) is 43.0 Å². The zero-order chi connectivity index (χ0) is 21.7. The number of hydrogen-bond acceptors (Lipinski definition) is 5. The van der Waals surface area contributed by atoms with Crippen LogP contribution in [0.15, 0.2) is 48.5 Å². The van der Waals surface area contributed by atoms with Crippen molar-refractivity contribution < 1.29 is 23.9 Å². The van der Waals surface area contributed by atoms with Gasteiger partial charge in [-0.25, -0.2) is 4.79 Å². The summed E-state index contributed by atoms with van der Waals surface area (Å²) in [5.74, 6) is 0.413. The summed E-state index contributed by atoms with van der Waals surface area (Å²) in [5.41, 5.74) is -0.0195. The topological polar surface area (TPSA) is 97.0 Å². The first-order valence-electron chi connectivity index (χ1n) is 9.75. The quantitative estimate of drug-likeness (QED) is 0.651. The fourth-order valence-electron chi connectivity index (χ4n) is 3.43. The molecule has 158 valence electrons. The summed E-state index contributed by atoms with van der Waals surface area (Å²) < 4.78 is 10.5. The zero-order valence-electron chi connectivity index (χ0n) is 17.2. The molecule has 0 saturated carbocycles. The van der Waals surface area contributed by atoms with Crippen molar-refractivity contribution >= 4 is 23.5 Å². The fraction of sp³-hybridized carbons (Fsp3) is 0.318. The molecule has 1 fully saturated rings. The number of carbonyl (C=O) groups is 3. The second kappa shape index (κ2) is 8.86. The van der Waals surface area contributed by atoms with Gasteiger partial charge in [0.2, 0.25) is 5.91 Å². The summed E-state index contributed by atoms with van der Waals surface area (Å²) >= 11 is 0. The second-order valence-corrected chi connectivity index (χ2v) is 6.81. The molecule has 4 amide bonds. The average molecular weight is 411 g/mol. The third-order valence-corrected chi connectivity index (χ3v) is 5.04. The van der Waals surface area contributed by atoms with Gasteiger partial charge >= 0.3 is 6.03 Å². The van der Waals surface area contributed by atoms with E-state index >= 15 is 0 Å². The van der Waals surface area contributed by atoms with Crippen molar-refractivity contribution in [1.82, 2.24) is 10.2 Å². The lowest BCUT2D eigenvalue weighted by atomic mass is 9.87. The van der Waals surface area contributed by atoms with Gasteiger partial charge in [0.1, 0.15) is 23.6 Å². The van der Waals surface area contributed by atoms with Crippen molar-refractivity contribution in [3.63, 3.8) is 0 Å². The van der Waals surface area contributed by atoms with E-state index in [9.17, 15) is 14.4 Å². The predicted octanol–water partition coefficient (Wildman–Crippen LogP) is 2.89. The Bertz CT molecular complexity index is 927. The van der Waals surface area contributed by atoms with Crippen molar-refractivity contribution in [3.05, 3.63) is 54.1 Å². The molecule has 0 unspecified atom stereocenters. The Morgan fingerprint density at radius 1 is 1.03 bits per heavy atom. The molecule has 1 heterocycles. The van der Waals surface area contributed by atoms with Gasteiger partial charge in [0.25, 0.3) is 5.91 Å². The third kappa shape index (κ3) is 4.07. The number of nitrogens with zero attached hydrogens (tertiary/aromatic N) is 1. The molecule has 0 spiro atoms. The van der Waals surface area contributed by atoms with Crippen LogP contribution >= 0.6 is 0 Å². The van der Waals surface area contributed by atoms with Gasteiger partial charge in [0.05, 0.1) is 13.7 Å². The molecule has 8 nitrogen and oxygen atoms in total. The number of methoxy groups -OCH3 is 1. The molecule has 0 bridgehead atoms. The van der Waals surface area contributed by atoms with Crippen LogP contribution in [0.3, 0.4) is 0 Å². The summed E-state index contributed by atoms with van der Waals surface area (Å²) in [6.45, 7) is 3.86. The number of nitrogens with one attached hydrogen (secondary N) is 2. The number of amides is 4. The normalized spacial score (nSPS) is 18.2. The van der Waals surface area contributed by atoms with Crippen LogP contribution in [0.4, 0.5) is 10.5 Å². The van der Waals surface area contributed by atoms with E-state index in [1.165, 1.54) is 0 Å². The van der Waals surface area contributed by atoms with Gasteiger partial charge in [-0.15, -0.1) is 0 Å². The van der Waals surface area contributed by atoms with E-state index in [1.807, 2.05) is 13.8 Å². The van der Waals surface area contributed by atoms with Crippen LogP contribution in [-0.2, 0) is 15.1 Å². The molecule has 2 aromatic carbocycles. The van der Waals surface area contributed by atoms with Crippen molar-refractivity contribution in [2.75, 3.05) is 25.6 Å². The van der Waals surface area contributed by atoms with Crippen molar-refractivity contribution in [3.8, 4) is 11.5 Å². The Labute approximate surface area is 175 Å². The maximum atomic E-state index is 13.1. The van der Waals surface area contributed by atoms with E-state index in [2.05, 4.69) is 10.6 Å². The molecule has 2 N–H and O–H groups in total. The zero-order valence-corrected chi connectivity index (χ0v) is 17.2. The SMILES string of the molecule is CCOc1ccc(NC(=O)CN2C(=O)N[C@](CC)(c3ccc(OC)cc3)C2=O)cc1. The lowest BCUT2D eigenvalue weighted by molar-refractivity contribution is -0.134. The van der Waals surface area contributed by atoms with Crippen LogP contribution in [0.2, 0.25) is 0 Å². The number of hydrogen-bond donors (Lipinski definition) is 2. The number of carbonyl (C=O) groups excluding carboxylic acids is 3. The van der Waals surface area contributed by atoms with Gasteiger partial charge < -0.3 is 20.1 Å². The van der Waals surface area contributed by atoms with E-state index < -0.39 is 23.4 Å². The third-order valence-electron chi connectivity index (χ3n) is 5.04. The molecular weight excluding hydrogens is 386 g/mol. The van der Waals surface area contributed by atoms with Crippen molar-refractivity contribution in [1.29, 1.82) is 0 Å². The number of anilines is 1. The summed E-state index contributed by atoms with van der Waals surface area (Å²) in [6.07, 6.45) is 0.348. The van der Waals surface area contributed by atoms with Crippen LogP contribution in [0.5, 0.6) is 11.5 Å². The van der Waals surface area contributed by atoms with Gasteiger partial charge in [-0.2, -0.15) is 0 Å². The molecule has 1 aliphatic heterocycles. The fourth-order valence-corrected chi connectivity index (χ4v) is 3.43. The second-order valence-electron chi connectivity index (χ2n) is 6.81. The Kier molecular flexibility index (Phi) is 6.25. The minimum absolute atomic E-state index is 0.348. The number of rotatable bonds is 8. The van der Waals surface area contributed by atoms with Crippen LogP contribution in [0.25, 0.3) is 0 Å². The maximum absolute atomic E-state index is 13.1. The Morgan fingerprint density at radius 2 is 1.67 bits per heavy atom. The molecule has 0 aliphatic carbocycles. The van der Waals surface area contributed by atoms with Crippen LogP contribution in [0, 0.1) is 0 Å². The van der Waals surface area contributed by atoms with E-state index in [4.69, 9.17) is 9.47 Å². The summed E-state index contributed by atoms with van der Waals surface area (Å²) in [4.78, 5) is 39.1. The lowest BCUT2D eigenvalue weighted by Gasteiger charge is -2.26. The molecule has 3 rings (SSSR count). The average Bonchev–Trinajstić information content (AvgIpc) is 3.00. The smallest absolute Gasteiger partial charge is 0.325 e. The minimum Gasteiger partial charge on any atom is -0.497 e. The molecule has 8 heteroatoms. The molecule has 1 atom stereocenters. The van der Waals surface area contributed by atoms with Gasteiger partial charge in [-0.3, -0.25) is 14.5 Å². The Morgan fingerprint density at radius 3 is 2.23 bits per heavy atom. The number of ether oxygens (including phenoxy) is 2. The summed E-state index contributed by atoms with van der Waals surface area (Å²) in [5, 5.41) is 5.46. The predicted molar refractivity (Wildman–Crippen MR) is 111 cm³/mol. The Balaban J connectivity index is 1.72. The molecule has 1 saturated heterocycles. The van der Waals surface area contributed by atoms with Gasteiger partial charge in [-0.05, 0) is 55.3 Å². The van der Waals surface area contributed by atoms with Gasteiger partial charge in [-0.1, -0.05) is 19.1 Å². The van der Waals surface area contributed by atoms with Gasteiger partial charge in [0, 0.05) is 5.69 Å². The molecular formula is C22H25N3O5. The standard InChI is InChI=1S/C22H25N3O5/c1-4-22(15-6-10-17(29-3)11-7-15)20(27)25(21(28)24-22)14-19(26)23-16-8-12-18(13-9-16)30-5-2/h6-13H,4-5,14H2,1-3H3,(H,23,26)(H,24,28)/t22-/m1/s1. The highest BCUT2D eigenvalue weighted by Crippen LogP contribution is 2.33. The van der Waals surface area contributed by atoms with Crippen LogP contribution in [0.1, 0.15) is 25.8 Å². The van der Waals surface area contributed by atoms with E-state index in [1.54, 1.807) is 55.6 Å². The number of urea groups is 1. The number of imide groups is 1. The molecule has 30 heavy (non-hydrogen) atoms. The van der Waals surface area contributed by atoms with Gasteiger partial charge in [0.15, 0.2) is 0 Å².